The third kappa shape index (κ3) is 12.6. The fourth-order valence-corrected chi connectivity index (χ4v) is 21.7. The second kappa shape index (κ2) is 30.5. The molecular weight excluding hydrogens is 1620 g/mol. The largest absolute Gasteiger partial charge is 0.254 e. The van der Waals surface area contributed by atoms with Gasteiger partial charge in [-0.05, 0) is 308 Å². The van der Waals surface area contributed by atoms with Crippen LogP contribution in [0.5, 0.6) is 0 Å². The van der Waals surface area contributed by atoms with E-state index in [4.69, 9.17) is 29.9 Å². The van der Waals surface area contributed by atoms with E-state index in [2.05, 4.69) is 420 Å². The van der Waals surface area contributed by atoms with Crippen molar-refractivity contribution in [2.75, 3.05) is 0 Å². The molecule has 134 heavy (non-hydrogen) atoms. The molecule has 21 aromatic carbocycles. The quantitative estimate of drug-likeness (QED) is 0.120. The van der Waals surface area contributed by atoms with Crippen LogP contribution in [0.3, 0.4) is 0 Å². The maximum atomic E-state index is 5.61. The summed E-state index contributed by atoms with van der Waals surface area (Å²) in [5, 5.41) is 28.4. The van der Waals surface area contributed by atoms with Gasteiger partial charge in [0.1, 0.15) is 0 Å². The van der Waals surface area contributed by atoms with Crippen LogP contribution in [0.4, 0.5) is 0 Å². The number of rotatable bonds is 11. The lowest BCUT2D eigenvalue weighted by Crippen LogP contribution is -1.93. The topological polar surface area (TPSA) is 77.3 Å². The number of aromatic nitrogens is 6. The SMILES string of the molecule is Cc1cc(-c2ccc3c4ccccc4c4ccc(-c5ccc6c(c5)c5ccc(-c7ccc(-c8cccc(-c9ccc%10ccc%11cccnc%11c%10n9)c8)cc7)cc5c5cccc(-c7cc8ccc(-c9cccc(-c%10cccc(-c%11ccc%12c%13ccccc%13c%13ccccc%13c%12c%11)c%10)c9)nc8c8ncccc78)c56)cc4c3c2)ccc1-c1ccc(-c2ccc3ccc4cccnc4c3n2)cc1C. The van der Waals surface area contributed by atoms with Crippen molar-refractivity contribution in [2.24, 2.45) is 0 Å². The van der Waals surface area contributed by atoms with Crippen molar-refractivity contribution in [1.29, 1.82) is 0 Å². The lowest BCUT2D eigenvalue weighted by Gasteiger charge is -2.18. The van der Waals surface area contributed by atoms with Gasteiger partial charge in [-0.1, -0.05) is 322 Å². The van der Waals surface area contributed by atoms with Gasteiger partial charge in [0.25, 0.3) is 0 Å². The van der Waals surface area contributed by atoms with E-state index in [-0.39, 0.29) is 0 Å². The van der Waals surface area contributed by atoms with Crippen LogP contribution in [0.15, 0.2) is 437 Å². The molecule has 0 bridgehead atoms. The highest BCUT2D eigenvalue weighted by molar-refractivity contribution is 6.32. The molecule has 0 saturated heterocycles. The van der Waals surface area contributed by atoms with Crippen LogP contribution < -0.4 is 0 Å². The molecule has 0 aliphatic heterocycles. The molecule has 0 radical (unpaired) electrons. The molecule has 0 fully saturated rings. The van der Waals surface area contributed by atoms with Crippen molar-refractivity contribution < 1.29 is 0 Å². The lowest BCUT2D eigenvalue weighted by molar-refractivity contribution is 1.35. The summed E-state index contributed by atoms with van der Waals surface area (Å²) in [5.74, 6) is 0. The molecule has 6 nitrogen and oxygen atoms in total. The molecule has 27 aromatic rings. The van der Waals surface area contributed by atoms with E-state index in [0.29, 0.717) is 0 Å². The first-order chi connectivity index (χ1) is 66.2. The Kier molecular flexibility index (Phi) is 17.4. The number of hydrogen-bond acceptors (Lipinski definition) is 6. The molecule has 0 atom stereocenters. The zero-order valence-corrected chi connectivity index (χ0v) is 73.3. The highest BCUT2D eigenvalue weighted by atomic mass is 14.8. The van der Waals surface area contributed by atoms with Gasteiger partial charge in [-0.25, -0.2) is 15.0 Å². The zero-order chi connectivity index (χ0) is 88.3. The molecule has 0 N–H and O–H groups in total. The van der Waals surface area contributed by atoms with Crippen molar-refractivity contribution >= 4 is 162 Å². The minimum absolute atomic E-state index is 0.855. The Balaban J connectivity index is 0.568. The Morgan fingerprint density at radius 3 is 0.888 bits per heavy atom. The van der Waals surface area contributed by atoms with E-state index in [1.165, 1.54) is 141 Å². The number of pyridine rings is 6. The van der Waals surface area contributed by atoms with Gasteiger partial charge in [0.2, 0.25) is 0 Å². The van der Waals surface area contributed by atoms with Gasteiger partial charge in [-0.2, -0.15) is 0 Å². The summed E-state index contributed by atoms with van der Waals surface area (Å²) in [4.78, 5) is 30.8. The Morgan fingerprint density at radius 2 is 0.418 bits per heavy atom. The maximum absolute atomic E-state index is 5.61. The normalized spacial score (nSPS) is 12.0. The highest BCUT2D eigenvalue weighted by Gasteiger charge is 2.23. The third-order valence-corrected chi connectivity index (χ3v) is 28.3. The first kappa shape index (κ1) is 76.5. The summed E-state index contributed by atoms with van der Waals surface area (Å²) in [7, 11) is 0. The van der Waals surface area contributed by atoms with Crippen molar-refractivity contribution in [1.82, 2.24) is 29.9 Å². The summed E-state index contributed by atoms with van der Waals surface area (Å²) in [6, 6.07) is 155. The van der Waals surface area contributed by atoms with E-state index in [1.807, 2.05) is 30.7 Å². The molecule has 27 rings (SSSR count). The summed E-state index contributed by atoms with van der Waals surface area (Å²) in [6.45, 7) is 4.46. The molecule has 0 aliphatic rings. The number of nitrogens with zero attached hydrogens (tertiary/aromatic N) is 6. The van der Waals surface area contributed by atoms with E-state index < -0.39 is 0 Å². The Bertz CT molecular complexity index is 9720. The van der Waals surface area contributed by atoms with Gasteiger partial charge in [0.05, 0.1) is 50.2 Å². The number of benzene rings is 21. The standard InChI is InChI=1S/C128H78N6/c1-75-64-87(41-51-97(75)98-52-47-95(65-76(98)2)121-59-49-82-40-38-80-23-14-62-130-124(80)126(82)133-121)90-44-54-106-102-27-5-6-28-103(102)107-55-45-91(73-117(107)116(106)72-90)92-46-57-111-115(71-92)108-56-42-88(78-35-33-77(34-36-78)83-16-10-20-93(67-83)119-58-48-81-39-37-79-22-13-61-129-123(79)125(81)132-119)69-114(108)109-30-12-31-110(122(109)111)118-74-96-50-60-120(134-127(96)128-112(118)32-15-63-131-128)94-21-11-19-86(68-94)84-17-9-18-85(66-84)89-43-53-105-101-26-4-3-24-99(101)100-25-7-8-29-104(100)113(105)70-89/h3-74H,1-2H3. The minimum Gasteiger partial charge on any atom is -0.254 e. The molecule has 620 valence electrons. The molecule has 0 aliphatic carbocycles. The smallest absolute Gasteiger partial charge is 0.0972 e. The van der Waals surface area contributed by atoms with Gasteiger partial charge in [-0.3, -0.25) is 15.0 Å². The predicted molar refractivity (Wildman–Crippen MR) is 565 cm³/mol. The summed E-state index contributed by atoms with van der Waals surface area (Å²) >= 11 is 0. The molecule has 6 aromatic heterocycles. The summed E-state index contributed by atoms with van der Waals surface area (Å²) in [5.41, 5.74) is 32.1. The molecule has 0 unspecified atom stereocenters. The van der Waals surface area contributed by atoms with Crippen LogP contribution in [-0.4, -0.2) is 29.9 Å². The van der Waals surface area contributed by atoms with E-state index in [1.54, 1.807) is 0 Å². The number of fused-ring (bicyclic) bond motifs is 27. The van der Waals surface area contributed by atoms with Gasteiger partial charge >= 0.3 is 0 Å². The van der Waals surface area contributed by atoms with Crippen molar-refractivity contribution in [2.45, 2.75) is 13.8 Å². The van der Waals surface area contributed by atoms with Crippen LogP contribution in [-0.2, 0) is 0 Å². The number of hydrogen-bond donors (Lipinski definition) is 0. The minimum atomic E-state index is 0.855. The van der Waals surface area contributed by atoms with Crippen molar-refractivity contribution in [3.63, 3.8) is 0 Å². The van der Waals surface area contributed by atoms with Crippen molar-refractivity contribution in [3.8, 4) is 123 Å². The molecule has 0 amide bonds. The Morgan fingerprint density at radius 1 is 0.142 bits per heavy atom. The fraction of sp³-hybridized carbons (Fsp3) is 0.0156. The van der Waals surface area contributed by atoms with E-state index in [0.717, 1.165) is 155 Å². The molecule has 0 spiro atoms. The first-order valence-corrected chi connectivity index (χ1v) is 46.0. The zero-order valence-electron chi connectivity index (χ0n) is 73.3. The molecular formula is C128H78N6. The number of aryl methyl sites for hydroxylation is 2. The average Bonchev–Trinajstić information content (AvgIpc) is 0.714. The first-order valence-electron chi connectivity index (χ1n) is 46.0. The average molecular weight is 1700 g/mol. The van der Waals surface area contributed by atoms with Crippen molar-refractivity contribution in [3.05, 3.63) is 448 Å². The van der Waals surface area contributed by atoms with E-state index in [9.17, 15) is 0 Å². The fourth-order valence-electron chi connectivity index (χ4n) is 21.7. The van der Waals surface area contributed by atoms with Crippen LogP contribution >= 0.6 is 0 Å². The highest BCUT2D eigenvalue weighted by Crippen LogP contribution is 2.49. The van der Waals surface area contributed by atoms with E-state index >= 15 is 0 Å². The molecule has 6 heteroatoms. The third-order valence-electron chi connectivity index (χ3n) is 28.3. The van der Waals surface area contributed by atoms with Gasteiger partial charge in [0.15, 0.2) is 0 Å². The summed E-state index contributed by atoms with van der Waals surface area (Å²) < 4.78 is 0. The van der Waals surface area contributed by atoms with Crippen LogP contribution in [0, 0.1) is 13.8 Å². The molecule has 0 saturated carbocycles. The Hall–Kier alpha value is -17.6. The van der Waals surface area contributed by atoms with Crippen LogP contribution in [0.1, 0.15) is 11.1 Å². The Labute approximate surface area is 771 Å². The van der Waals surface area contributed by atoms with Crippen LogP contribution in [0.25, 0.3) is 285 Å². The van der Waals surface area contributed by atoms with Crippen LogP contribution in [0.2, 0.25) is 0 Å². The van der Waals surface area contributed by atoms with Gasteiger partial charge < -0.3 is 0 Å². The molecule has 6 heterocycles. The second-order valence-electron chi connectivity index (χ2n) is 36.0. The van der Waals surface area contributed by atoms with Gasteiger partial charge in [-0.15, -0.1) is 0 Å². The predicted octanol–water partition coefficient (Wildman–Crippen LogP) is 34.3. The van der Waals surface area contributed by atoms with Gasteiger partial charge in [0, 0.05) is 67.6 Å². The lowest BCUT2D eigenvalue weighted by atomic mass is 9.85. The maximum Gasteiger partial charge on any atom is 0.0972 e. The monoisotopic (exact) mass is 1700 g/mol. The second-order valence-corrected chi connectivity index (χ2v) is 36.0. The summed E-state index contributed by atoms with van der Waals surface area (Å²) in [6.07, 6.45) is 5.61.